The van der Waals surface area contributed by atoms with Gasteiger partial charge in [0.2, 0.25) is 31.9 Å². The number of alkyl halides is 8. The first-order valence-corrected chi connectivity index (χ1v) is 47.1. The van der Waals surface area contributed by atoms with Crippen LogP contribution in [-0.4, -0.2) is 226 Å². The van der Waals surface area contributed by atoms with Gasteiger partial charge in [-0.3, -0.25) is 47.9 Å². The number of aryl methyl sites for hydroxylation is 4. The molecule has 0 bridgehead atoms. The van der Waals surface area contributed by atoms with Crippen LogP contribution >= 0.6 is 0 Å². The van der Waals surface area contributed by atoms with Crippen molar-refractivity contribution in [1.82, 2.24) is 38.0 Å². The van der Waals surface area contributed by atoms with Crippen molar-refractivity contribution >= 4 is 102 Å². The number of halogens is 16. The molecule has 1 saturated carbocycles. The molecule has 8 aromatic rings. The second kappa shape index (κ2) is 43.1. The molecule has 13 rings (SSSR count). The lowest BCUT2D eigenvalue weighted by Gasteiger charge is -2.45. The zero-order valence-electron chi connectivity index (χ0n) is 78.3. The molecule has 0 aromatic heterocycles. The first-order chi connectivity index (χ1) is 65.0. The summed E-state index contributed by atoms with van der Waals surface area (Å²) in [4.78, 5) is 132. The van der Waals surface area contributed by atoms with E-state index in [1.807, 2.05) is 0 Å². The SMILES string of the molecule is CC(=O)N1C[C@@H](C)N(C(=O)C(F)(F)c2cc(C(=O)Nc3ccc(F)c(C)c3)ccc2F)[C@@H](C)C1.CC(=O)N1[C@H](C)CN(C(=O)C(F)(F)c2cc(C(=O)Nc3ccc(F)c(C)c3)ccc2F)C[C@@H]1C.Cc1cc(NC(=O)c2ccc(F)c(C(F)(F)C(=O)N3[C@H](C)CN(S(=O)(=O)C4CC4)C[C@@H]3C)c2)ccc1F.Cc1cc(NC(=O)c2ccc(F)c(C(F)(F)C(=O)N3[C@H](C)CN(S(C)(=O)=O)C[C@@H]3C)c2)ccc1F. The van der Waals surface area contributed by atoms with Crippen LogP contribution in [0.4, 0.5) is 93.0 Å². The number of hydrogen-bond acceptors (Lipinski definition) is 14. The molecule has 8 atom stereocenters. The van der Waals surface area contributed by atoms with Crippen LogP contribution in [0.1, 0.15) is 168 Å². The highest BCUT2D eigenvalue weighted by molar-refractivity contribution is 7.90. The Bertz CT molecular complexity index is 6350. The summed E-state index contributed by atoms with van der Waals surface area (Å²) in [5.74, 6) is -35.0. The van der Waals surface area contributed by atoms with Gasteiger partial charge in [0.25, 0.3) is 47.3 Å². The molecular formula is C96H102F16N12O14S2. The predicted octanol–water partition coefficient (Wildman–Crippen LogP) is 15.7. The number of nitrogens with zero attached hydrogens (tertiary/aromatic N) is 8. The maximum atomic E-state index is 15.4. The molecule has 754 valence electrons. The third-order valence-corrected chi connectivity index (χ3v) is 27.8. The normalized spacial score (nSPS) is 19.5. The van der Waals surface area contributed by atoms with E-state index in [4.69, 9.17) is 0 Å². The van der Waals surface area contributed by atoms with E-state index in [1.54, 1.807) is 13.8 Å². The monoisotopic (exact) mass is 2010 g/mol. The van der Waals surface area contributed by atoms with E-state index in [-0.39, 0.29) is 131 Å². The zero-order chi connectivity index (χ0) is 104. The molecule has 1 aliphatic carbocycles. The fourth-order valence-corrected chi connectivity index (χ4v) is 19.9. The van der Waals surface area contributed by atoms with Crippen LogP contribution in [0, 0.1) is 74.2 Å². The smallest absolute Gasteiger partial charge is 0.339 e. The van der Waals surface area contributed by atoms with E-state index in [1.165, 1.54) is 146 Å². The van der Waals surface area contributed by atoms with Crippen molar-refractivity contribution in [2.75, 3.05) is 79.9 Å². The molecule has 0 unspecified atom stereocenters. The minimum atomic E-state index is -4.33. The number of amides is 10. The van der Waals surface area contributed by atoms with Gasteiger partial charge in [-0.25, -0.2) is 52.0 Å². The van der Waals surface area contributed by atoms with Gasteiger partial charge in [-0.2, -0.15) is 43.7 Å². The largest absolute Gasteiger partial charge is 0.352 e. The molecule has 4 aliphatic heterocycles. The predicted molar refractivity (Wildman–Crippen MR) is 485 cm³/mol. The fraction of sp³-hybridized carbons (Fsp3) is 0.396. The third kappa shape index (κ3) is 24.6. The van der Waals surface area contributed by atoms with Gasteiger partial charge >= 0.3 is 23.7 Å². The van der Waals surface area contributed by atoms with Gasteiger partial charge < -0.3 is 50.7 Å². The summed E-state index contributed by atoms with van der Waals surface area (Å²) in [6.07, 6.45) is 2.08. The first-order valence-electron chi connectivity index (χ1n) is 43.8. The fourth-order valence-electron chi connectivity index (χ4n) is 17.0. The number of piperazine rings is 4. The first kappa shape index (κ1) is 109. The summed E-state index contributed by atoms with van der Waals surface area (Å²) in [6, 6.07) is 18.3. The van der Waals surface area contributed by atoms with Gasteiger partial charge in [0.15, 0.2) is 0 Å². The second-order valence-electron chi connectivity index (χ2n) is 35.4. The van der Waals surface area contributed by atoms with Gasteiger partial charge in [0, 0.05) is 160 Å². The lowest BCUT2D eigenvalue weighted by molar-refractivity contribution is -0.169. The molecule has 8 aromatic carbocycles. The van der Waals surface area contributed by atoms with Gasteiger partial charge in [-0.1, -0.05) is 0 Å². The molecule has 5 fully saturated rings. The Morgan fingerprint density at radius 1 is 0.293 bits per heavy atom. The Morgan fingerprint density at radius 3 is 0.743 bits per heavy atom. The van der Waals surface area contributed by atoms with E-state index in [2.05, 4.69) is 21.3 Å². The standard InChI is InChI=1S/C25H27F4N3O4S.2C24H25F4N3O3.C23H25F4N3O4S/c1-14-10-18(5-9-21(14)26)30-23(33)17-4-8-22(27)20(11-17)25(28,29)24(34)32-15(2)12-31(13-16(32)3)37(35,36)19-6-7-19;1-13-9-18(6-8-20(13)25)29-22(33)17-5-7-21(26)19(10-17)24(27,28)23(34)30-11-14(2)31(16(4)32)15(3)12-30;1-13-9-18(6-8-20(13)25)29-22(33)17-5-7-21(26)19(10-17)24(27,28)23(34)31-14(2)11-30(16(4)32)12-15(31)3;1-13-9-17(6-8-19(13)24)28-21(31)16-5-7-20(25)18(10-16)23(26,27)22(32)30-14(2)11-29(12-15(30)3)35(4,33)34/h4-5,8-11,15-16,19H,6-7,12-13H2,1-3H3,(H,30,33);2*5-10,14-15H,11-12H2,1-4H3,(H,29,33);5-10,14-15H,11-12H2,1-4H3,(H,28,31)/t15-,16+;3*14-,15+. The van der Waals surface area contributed by atoms with Crippen molar-refractivity contribution in [2.45, 2.75) is 187 Å². The van der Waals surface area contributed by atoms with Gasteiger partial charge in [-0.05, 0) is 264 Å². The second-order valence-corrected chi connectivity index (χ2v) is 39.6. The highest BCUT2D eigenvalue weighted by Crippen LogP contribution is 2.42. The maximum Gasteiger partial charge on any atom is 0.352 e. The van der Waals surface area contributed by atoms with E-state index >= 15 is 35.1 Å². The Labute approximate surface area is 796 Å². The highest BCUT2D eigenvalue weighted by Gasteiger charge is 2.56. The molecule has 10 amide bonds. The molecule has 140 heavy (non-hydrogen) atoms. The molecular weight excluding hydrogens is 1910 g/mol. The van der Waals surface area contributed by atoms with Gasteiger partial charge in [0.1, 0.15) is 46.5 Å². The lowest BCUT2D eigenvalue weighted by atomic mass is 10.00. The molecule has 26 nitrogen and oxygen atoms in total. The van der Waals surface area contributed by atoms with Crippen LogP contribution in [0.25, 0.3) is 0 Å². The number of hydrogen-bond donors (Lipinski definition) is 4. The summed E-state index contributed by atoms with van der Waals surface area (Å²) in [6.45, 7) is 20.0. The molecule has 0 radical (unpaired) electrons. The van der Waals surface area contributed by atoms with E-state index in [0.717, 1.165) is 78.7 Å². The number of carbonyl (C=O) groups excluding carboxylic acids is 10. The molecule has 5 aliphatic rings. The Morgan fingerprint density at radius 2 is 0.514 bits per heavy atom. The lowest BCUT2D eigenvalue weighted by Crippen LogP contribution is -2.62. The Balaban J connectivity index is 0.000000192. The molecule has 0 spiro atoms. The average molecular weight is 2020 g/mol. The third-order valence-electron chi connectivity index (χ3n) is 24.2. The van der Waals surface area contributed by atoms with Crippen LogP contribution in [0.2, 0.25) is 0 Å². The summed E-state index contributed by atoms with van der Waals surface area (Å²) in [5.41, 5.74) is -4.37. The molecule has 4 saturated heterocycles. The molecule has 4 heterocycles. The van der Waals surface area contributed by atoms with Crippen molar-refractivity contribution in [3.63, 3.8) is 0 Å². The number of nitrogens with one attached hydrogen (secondary N) is 4. The molecule has 44 heteroatoms. The minimum Gasteiger partial charge on any atom is -0.339 e. The van der Waals surface area contributed by atoms with Crippen LogP contribution in [0.3, 0.4) is 0 Å². The quantitative estimate of drug-likeness (QED) is 0.0547. The number of anilines is 4. The van der Waals surface area contributed by atoms with E-state index < -0.39 is 213 Å². The topological polar surface area (TPSA) is 313 Å². The summed E-state index contributed by atoms with van der Waals surface area (Å²) < 4.78 is 285. The number of rotatable bonds is 19. The summed E-state index contributed by atoms with van der Waals surface area (Å²) >= 11 is 0. The van der Waals surface area contributed by atoms with Crippen molar-refractivity contribution in [3.05, 3.63) is 259 Å². The number of benzene rings is 8. The van der Waals surface area contributed by atoms with Crippen LogP contribution in [-0.2, 0) is 72.5 Å². The minimum absolute atomic E-state index is 0.0729. The number of sulfonamides is 2. The highest BCUT2D eigenvalue weighted by atomic mass is 32.2. The van der Waals surface area contributed by atoms with Crippen molar-refractivity contribution in [2.24, 2.45) is 0 Å². The van der Waals surface area contributed by atoms with E-state index in [9.17, 15) is 99.9 Å². The van der Waals surface area contributed by atoms with Gasteiger partial charge in [0.05, 0.1) is 33.8 Å². The van der Waals surface area contributed by atoms with Crippen molar-refractivity contribution in [3.8, 4) is 0 Å². The summed E-state index contributed by atoms with van der Waals surface area (Å²) in [5, 5.41) is 9.26. The van der Waals surface area contributed by atoms with Crippen LogP contribution in [0.5, 0.6) is 0 Å². The van der Waals surface area contributed by atoms with Gasteiger partial charge in [-0.15, -0.1) is 0 Å². The van der Waals surface area contributed by atoms with Crippen molar-refractivity contribution in [1.29, 1.82) is 0 Å². The van der Waals surface area contributed by atoms with E-state index in [0.29, 0.717) is 61.4 Å². The summed E-state index contributed by atoms with van der Waals surface area (Å²) in [7, 11) is -7.16. The Kier molecular flexibility index (Phi) is 33.6. The van der Waals surface area contributed by atoms with Crippen LogP contribution in [0.15, 0.2) is 146 Å². The maximum absolute atomic E-state index is 15.4. The average Bonchev–Trinajstić information content (AvgIpc) is 1.68. The zero-order valence-corrected chi connectivity index (χ0v) is 79.9. The van der Waals surface area contributed by atoms with Crippen LogP contribution < -0.4 is 21.3 Å². The number of carbonyl (C=O) groups is 10. The molecule has 4 N–H and O–H groups in total. The Hall–Kier alpha value is -12.8. The van der Waals surface area contributed by atoms with Crippen molar-refractivity contribution < 1.29 is 135 Å².